The highest BCUT2D eigenvalue weighted by Gasteiger charge is 2.39. The van der Waals surface area contributed by atoms with Gasteiger partial charge in [-0.15, -0.1) is 0 Å². The topological polar surface area (TPSA) is 53.9 Å². The molecule has 2 aliphatic carbocycles. The highest BCUT2D eigenvalue weighted by Crippen LogP contribution is 2.35. The summed E-state index contributed by atoms with van der Waals surface area (Å²) in [6, 6.07) is 6.79. The molecule has 2 aromatic heterocycles. The van der Waals surface area contributed by atoms with E-state index in [1.165, 1.54) is 16.8 Å². The smallest absolute Gasteiger partial charge is 0.255 e. The zero-order valence-corrected chi connectivity index (χ0v) is 16.0. The van der Waals surface area contributed by atoms with Crippen molar-refractivity contribution in [2.45, 2.75) is 57.5 Å². The molecular weight excluding hydrogens is 336 g/mol. The lowest BCUT2D eigenvalue weighted by Crippen LogP contribution is -2.43. The second-order valence-electron chi connectivity index (χ2n) is 8.17. The molecule has 1 saturated carbocycles. The van der Waals surface area contributed by atoms with Crippen LogP contribution in [0.5, 0.6) is 0 Å². The fourth-order valence-corrected chi connectivity index (χ4v) is 4.81. The molecule has 0 aliphatic heterocycles. The average molecular weight is 362 g/mol. The van der Waals surface area contributed by atoms with Crippen molar-refractivity contribution in [1.82, 2.24) is 19.7 Å². The van der Waals surface area contributed by atoms with Gasteiger partial charge in [0.1, 0.15) is 0 Å². The van der Waals surface area contributed by atoms with Gasteiger partial charge >= 0.3 is 0 Å². The predicted molar refractivity (Wildman–Crippen MR) is 106 cm³/mol. The van der Waals surface area contributed by atoms with Crippen LogP contribution in [0.1, 0.15) is 52.9 Å². The number of carbonyl (C=O) groups excluding carboxylic acids is 1. The predicted octanol–water partition coefficient (Wildman–Crippen LogP) is 3.76. The van der Waals surface area contributed by atoms with Crippen LogP contribution in [0.2, 0.25) is 0 Å². The van der Waals surface area contributed by atoms with Crippen LogP contribution in [0, 0.1) is 6.92 Å². The minimum atomic E-state index is 0.203. The zero-order valence-electron chi connectivity index (χ0n) is 16.0. The van der Waals surface area contributed by atoms with Crippen LogP contribution in [0.25, 0.3) is 10.9 Å². The van der Waals surface area contributed by atoms with Crippen LogP contribution < -0.4 is 0 Å². The molecule has 1 fully saturated rings. The van der Waals surface area contributed by atoms with E-state index in [-0.39, 0.29) is 11.9 Å². The van der Waals surface area contributed by atoms with Crippen LogP contribution in [0.15, 0.2) is 30.6 Å². The van der Waals surface area contributed by atoms with E-state index < -0.39 is 0 Å². The number of aryl methyl sites for hydroxylation is 3. The number of fused-ring (bicyclic) bond motifs is 2. The number of rotatable bonds is 3. The fourth-order valence-electron chi connectivity index (χ4n) is 4.81. The second kappa shape index (κ2) is 6.25. The molecule has 0 bridgehead atoms. The molecular formula is C22H26N4O. The second-order valence-corrected chi connectivity index (χ2v) is 8.17. The third-order valence-corrected chi connectivity index (χ3v) is 6.22. The van der Waals surface area contributed by atoms with Gasteiger partial charge in [-0.25, -0.2) is 0 Å². The summed E-state index contributed by atoms with van der Waals surface area (Å²) >= 11 is 0. The van der Waals surface area contributed by atoms with Crippen LogP contribution in [-0.4, -0.2) is 37.7 Å². The van der Waals surface area contributed by atoms with E-state index in [9.17, 15) is 4.79 Å². The number of nitrogens with zero attached hydrogens (tertiary/aromatic N) is 3. The minimum absolute atomic E-state index is 0.203. The van der Waals surface area contributed by atoms with Crippen molar-refractivity contribution in [1.29, 1.82) is 0 Å². The largest absolute Gasteiger partial charge is 0.350 e. The lowest BCUT2D eigenvalue weighted by Gasteiger charge is -2.32. The number of aromatic nitrogens is 3. The molecule has 2 heterocycles. The molecule has 1 atom stereocenters. The Morgan fingerprint density at radius 3 is 2.93 bits per heavy atom. The van der Waals surface area contributed by atoms with Crippen LogP contribution in [0.3, 0.4) is 0 Å². The van der Waals surface area contributed by atoms with Gasteiger partial charge < -0.3 is 9.47 Å². The zero-order chi connectivity index (χ0) is 18.5. The van der Waals surface area contributed by atoms with Gasteiger partial charge in [-0.3, -0.25) is 9.89 Å². The van der Waals surface area contributed by atoms with Crippen molar-refractivity contribution in [2.75, 3.05) is 0 Å². The number of aromatic amines is 1. The monoisotopic (exact) mass is 362 g/mol. The summed E-state index contributed by atoms with van der Waals surface area (Å²) in [5.74, 6) is 0.203. The van der Waals surface area contributed by atoms with Crippen LogP contribution in [0.4, 0.5) is 0 Å². The highest BCUT2D eigenvalue weighted by atomic mass is 16.2. The lowest BCUT2D eigenvalue weighted by molar-refractivity contribution is 0.0651. The third kappa shape index (κ3) is 2.76. The summed E-state index contributed by atoms with van der Waals surface area (Å²) in [5.41, 5.74) is 5.62. The molecule has 0 spiro atoms. The fraction of sp³-hybridized carbons (Fsp3) is 0.455. The summed E-state index contributed by atoms with van der Waals surface area (Å²) in [4.78, 5) is 16.0. The van der Waals surface area contributed by atoms with Crippen LogP contribution in [-0.2, 0) is 19.9 Å². The maximum absolute atomic E-state index is 13.8. The van der Waals surface area contributed by atoms with Crippen LogP contribution >= 0.6 is 0 Å². The molecule has 1 N–H and O–H groups in total. The Hall–Kier alpha value is -2.56. The number of hydrogen-bond acceptors (Lipinski definition) is 2. The Balaban J connectivity index is 1.54. The van der Waals surface area contributed by atoms with E-state index in [1.54, 1.807) is 0 Å². The van der Waals surface area contributed by atoms with E-state index in [0.29, 0.717) is 6.04 Å². The minimum Gasteiger partial charge on any atom is -0.350 e. The van der Waals surface area contributed by atoms with E-state index >= 15 is 0 Å². The molecule has 3 aromatic rings. The SMILES string of the molecule is Cc1cn(C)c2cccc(C(=O)N(C3CC3)C3CCCc4n[nH]cc4C3)c12. The number of amides is 1. The van der Waals surface area contributed by atoms with E-state index in [2.05, 4.69) is 38.9 Å². The lowest BCUT2D eigenvalue weighted by atomic mass is 10.0. The normalized spacial score (nSPS) is 19.7. The first-order chi connectivity index (χ1) is 13.1. The highest BCUT2D eigenvalue weighted by molar-refractivity contribution is 6.08. The van der Waals surface area contributed by atoms with Gasteiger partial charge in [-0.05, 0) is 68.7 Å². The third-order valence-electron chi connectivity index (χ3n) is 6.22. The van der Waals surface area contributed by atoms with Crippen molar-refractivity contribution in [2.24, 2.45) is 7.05 Å². The Kier molecular flexibility index (Phi) is 3.85. The van der Waals surface area contributed by atoms with E-state index in [1.807, 2.05) is 25.4 Å². The van der Waals surface area contributed by atoms with Gasteiger partial charge in [0.05, 0.1) is 5.69 Å². The number of carbonyl (C=O) groups is 1. The van der Waals surface area contributed by atoms with Crippen molar-refractivity contribution < 1.29 is 4.79 Å². The summed E-state index contributed by atoms with van der Waals surface area (Å²) in [6.45, 7) is 2.10. The van der Waals surface area contributed by atoms with Gasteiger partial charge in [-0.2, -0.15) is 5.10 Å². The molecule has 5 rings (SSSR count). The van der Waals surface area contributed by atoms with Crippen molar-refractivity contribution in [3.05, 3.63) is 53.0 Å². The molecule has 27 heavy (non-hydrogen) atoms. The van der Waals surface area contributed by atoms with Crippen molar-refractivity contribution in [3.63, 3.8) is 0 Å². The molecule has 0 radical (unpaired) electrons. The Morgan fingerprint density at radius 1 is 1.26 bits per heavy atom. The maximum Gasteiger partial charge on any atom is 0.255 e. The number of H-pyrrole nitrogens is 1. The Labute approximate surface area is 159 Å². The molecule has 0 saturated heterocycles. The summed E-state index contributed by atoms with van der Waals surface area (Å²) < 4.78 is 2.12. The molecule has 1 aromatic carbocycles. The summed E-state index contributed by atoms with van der Waals surface area (Å²) in [7, 11) is 2.05. The molecule has 1 unspecified atom stereocenters. The molecule has 5 heteroatoms. The first kappa shape index (κ1) is 16.6. The van der Waals surface area contributed by atoms with Gasteiger partial charge in [0.2, 0.25) is 0 Å². The van der Waals surface area contributed by atoms with E-state index in [0.717, 1.165) is 55.0 Å². The van der Waals surface area contributed by atoms with Gasteiger partial charge in [0, 0.05) is 48.0 Å². The molecule has 2 aliphatic rings. The van der Waals surface area contributed by atoms with Gasteiger partial charge in [-0.1, -0.05) is 6.07 Å². The Morgan fingerprint density at radius 2 is 2.11 bits per heavy atom. The van der Waals surface area contributed by atoms with Gasteiger partial charge in [0.25, 0.3) is 5.91 Å². The quantitative estimate of drug-likeness (QED) is 0.721. The number of nitrogens with one attached hydrogen (secondary N) is 1. The van der Waals surface area contributed by atoms with Gasteiger partial charge in [0.15, 0.2) is 0 Å². The Bertz CT molecular complexity index is 1010. The first-order valence-corrected chi connectivity index (χ1v) is 10.0. The standard InChI is InChI=1S/C22H26N4O/c1-14-13-25(2)20-8-4-6-18(21(14)20)22(27)26(16-9-10-16)17-5-3-7-19-15(11-17)12-23-24-19/h4,6,8,12-13,16-17H,3,5,7,9-11H2,1-2H3,(H,23,24). The first-order valence-electron chi connectivity index (χ1n) is 10.0. The summed E-state index contributed by atoms with van der Waals surface area (Å²) in [5, 5.41) is 8.51. The average Bonchev–Trinajstić information content (AvgIpc) is 3.37. The van der Waals surface area contributed by atoms with Crippen molar-refractivity contribution in [3.8, 4) is 0 Å². The van der Waals surface area contributed by atoms with E-state index in [4.69, 9.17) is 0 Å². The maximum atomic E-state index is 13.8. The molecule has 1 amide bonds. The molecule has 5 nitrogen and oxygen atoms in total. The van der Waals surface area contributed by atoms with Crippen molar-refractivity contribution >= 4 is 16.8 Å². The number of hydrogen-bond donors (Lipinski definition) is 1. The summed E-state index contributed by atoms with van der Waals surface area (Å²) in [6.07, 6.45) is 10.5. The number of benzene rings is 1. The molecule has 140 valence electrons.